The van der Waals surface area contributed by atoms with E-state index in [9.17, 15) is 9.18 Å². The van der Waals surface area contributed by atoms with Gasteiger partial charge in [0.25, 0.3) is 0 Å². The van der Waals surface area contributed by atoms with E-state index >= 15 is 0 Å². The quantitative estimate of drug-likeness (QED) is 0.635. The molecule has 0 bridgehead atoms. The number of hydrogen-bond acceptors (Lipinski definition) is 3. The number of carbonyl (C=O) groups is 1. The summed E-state index contributed by atoms with van der Waals surface area (Å²) in [6.45, 7) is 0. The molecule has 0 radical (unpaired) electrons. The number of halogens is 1. The van der Waals surface area contributed by atoms with Gasteiger partial charge >= 0.3 is 5.97 Å². The van der Waals surface area contributed by atoms with Gasteiger partial charge < -0.3 is 9.47 Å². The lowest BCUT2D eigenvalue weighted by molar-refractivity contribution is -0.147. The van der Waals surface area contributed by atoms with E-state index in [2.05, 4.69) is 4.74 Å². The van der Waals surface area contributed by atoms with Gasteiger partial charge in [0.1, 0.15) is 11.6 Å². The third kappa shape index (κ3) is 1.43. The third-order valence-electron chi connectivity index (χ3n) is 2.17. The maximum Gasteiger partial charge on any atom is 0.347 e. The van der Waals surface area contributed by atoms with Gasteiger partial charge in [-0.25, -0.2) is 9.18 Å². The van der Waals surface area contributed by atoms with Crippen molar-refractivity contribution in [1.29, 1.82) is 0 Å². The number of rotatable bonds is 1. The van der Waals surface area contributed by atoms with Crippen LogP contribution >= 0.6 is 0 Å². The molecule has 1 aliphatic heterocycles. The molecule has 3 nitrogen and oxygen atoms in total. The fraction of sp³-hybridized carbons (Fsp3) is 0.300. The minimum Gasteiger partial charge on any atom is -0.478 e. The van der Waals surface area contributed by atoms with Crippen molar-refractivity contribution in [3.63, 3.8) is 0 Å². The number of esters is 1. The minimum atomic E-state index is -0.628. The summed E-state index contributed by atoms with van der Waals surface area (Å²) in [5.41, 5.74) is 0.835. The van der Waals surface area contributed by atoms with Crippen molar-refractivity contribution < 1.29 is 18.7 Å². The van der Waals surface area contributed by atoms with Crippen LogP contribution in [0.1, 0.15) is 5.56 Å². The monoisotopic (exact) mass is 196 g/mol. The predicted molar refractivity (Wildman–Crippen MR) is 46.5 cm³/mol. The van der Waals surface area contributed by atoms with E-state index < -0.39 is 12.1 Å². The Bertz CT molecular complexity index is 376. The van der Waals surface area contributed by atoms with E-state index in [0.29, 0.717) is 12.2 Å². The maximum absolute atomic E-state index is 12.8. The zero-order valence-corrected chi connectivity index (χ0v) is 7.62. The van der Waals surface area contributed by atoms with Crippen LogP contribution in [-0.4, -0.2) is 19.2 Å². The fourth-order valence-electron chi connectivity index (χ4n) is 1.46. The molecule has 1 unspecified atom stereocenters. The molecule has 0 aliphatic carbocycles. The Labute approximate surface area is 80.4 Å². The van der Waals surface area contributed by atoms with Crippen molar-refractivity contribution in [2.75, 3.05) is 7.11 Å². The van der Waals surface area contributed by atoms with Crippen LogP contribution in [0.3, 0.4) is 0 Å². The van der Waals surface area contributed by atoms with Crippen molar-refractivity contribution in [3.8, 4) is 5.75 Å². The molecular weight excluding hydrogens is 187 g/mol. The zero-order valence-electron chi connectivity index (χ0n) is 7.62. The number of benzene rings is 1. The first-order valence-electron chi connectivity index (χ1n) is 4.23. The molecule has 0 amide bonds. The second-order valence-corrected chi connectivity index (χ2v) is 3.09. The van der Waals surface area contributed by atoms with Gasteiger partial charge in [-0.1, -0.05) is 6.07 Å². The lowest BCUT2D eigenvalue weighted by Crippen LogP contribution is -2.26. The first kappa shape index (κ1) is 8.99. The van der Waals surface area contributed by atoms with Crippen LogP contribution in [0.4, 0.5) is 4.39 Å². The van der Waals surface area contributed by atoms with Crippen LogP contribution in [0.5, 0.6) is 5.75 Å². The summed E-state index contributed by atoms with van der Waals surface area (Å²) >= 11 is 0. The Morgan fingerprint density at radius 2 is 2.43 bits per heavy atom. The van der Waals surface area contributed by atoms with Gasteiger partial charge in [0.05, 0.1) is 7.11 Å². The second kappa shape index (κ2) is 3.29. The fourth-order valence-corrected chi connectivity index (χ4v) is 1.46. The van der Waals surface area contributed by atoms with E-state index in [1.165, 1.54) is 19.2 Å². The van der Waals surface area contributed by atoms with Gasteiger partial charge in [-0.2, -0.15) is 0 Å². The first-order valence-corrected chi connectivity index (χ1v) is 4.23. The Kier molecular flexibility index (Phi) is 2.11. The van der Waals surface area contributed by atoms with Crippen molar-refractivity contribution >= 4 is 5.97 Å². The van der Waals surface area contributed by atoms with Crippen LogP contribution in [-0.2, 0) is 16.0 Å². The van der Waals surface area contributed by atoms with Gasteiger partial charge in [-0.3, -0.25) is 0 Å². The van der Waals surface area contributed by atoms with E-state index in [1.54, 1.807) is 6.07 Å². The average molecular weight is 196 g/mol. The topological polar surface area (TPSA) is 35.5 Å². The Balaban J connectivity index is 2.22. The summed E-state index contributed by atoms with van der Waals surface area (Å²) in [6.07, 6.45) is -0.181. The van der Waals surface area contributed by atoms with E-state index in [-0.39, 0.29) is 5.82 Å². The van der Waals surface area contributed by atoms with Crippen LogP contribution in [0.2, 0.25) is 0 Å². The van der Waals surface area contributed by atoms with Crippen molar-refractivity contribution in [2.45, 2.75) is 12.5 Å². The number of ether oxygens (including phenoxy) is 2. The molecule has 0 fully saturated rings. The van der Waals surface area contributed by atoms with Crippen molar-refractivity contribution in [1.82, 2.24) is 0 Å². The summed E-state index contributed by atoms with van der Waals surface area (Å²) in [5, 5.41) is 0. The number of methoxy groups -OCH3 is 1. The molecule has 14 heavy (non-hydrogen) atoms. The zero-order chi connectivity index (χ0) is 10.1. The highest BCUT2D eigenvalue weighted by Crippen LogP contribution is 2.29. The molecular formula is C10H9FO3. The Hall–Kier alpha value is -1.58. The normalized spacial score (nSPS) is 18.6. The number of fused-ring (bicyclic) bond motifs is 1. The minimum absolute atomic E-state index is 0.366. The molecule has 1 aromatic carbocycles. The lowest BCUT2D eigenvalue weighted by atomic mass is 10.1. The summed E-state index contributed by atoms with van der Waals surface area (Å²) in [4.78, 5) is 11.1. The molecule has 0 saturated heterocycles. The standard InChI is InChI=1S/C10H9FO3/c1-13-10(12)9-4-6-2-3-7(11)5-8(6)14-9/h2-3,5,9H,4H2,1H3. The summed E-state index contributed by atoms with van der Waals surface area (Å²) in [5.74, 6) is -0.365. The SMILES string of the molecule is COC(=O)C1Cc2ccc(F)cc2O1. The molecule has 0 spiro atoms. The van der Waals surface area contributed by atoms with E-state index in [0.717, 1.165) is 5.56 Å². The second-order valence-electron chi connectivity index (χ2n) is 3.09. The summed E-state index contributed by atoms with van der Waals surface area (Å²) in [6, 6.07) is 4.24. The molecule has 1 aliphatic rings. The lowest BCUT2D eigenvalue weighted by Gasteiger charge is -2.06. The first-order chi connectivity index (χ1) is 6.70. The molecule has 1 heterocycles. The smallest absolute Gasteiger partial charge is 0.347 e. The van der Waals surface area contributed by atoms with E-state index in [1.807, 2.05) is 0 Å². The Morgan fingerprint density at radius 3 is 3.14 bits per heavy atom. The molecule has 0 aromatic heterocycles. The predicted octanol–water partition coefficient (Wildman–Crippen LogP) is 1.30. The molecule has 74 valence electrons. The molecule has 0 N–H and O–H groups in total. The summed E-state index contributed by atoms with van der Waals surface area (Å²) < 4.78 is 22.5. The molecule has 2 rings (SSSR count). The van der Waals surface area contributed by atoms with Crippen LogP contribution in [0.25, 0.3) is 0 Å². The van der Waals surface area contributed by atoms with Crippen LogP contribution < -0.4 is 4.74 Å². The van der Waals surface area contributed by atoms with Crippen LogP contribution in [0.15, 0.2) is 18.2 Å². The average Bonchev–Trinajstić information content (AvgIpc) is 2.59. The molecule has 1 aromatic rings. The van der Waals surface area contributed by atoms with Gasteiger partial charge in [-0.15, -0.1) is 0 Å². The highest BCUT2D eigenvalue weighted by Gasteiger charge is 2.29. The highest BCUT2D eigenvalue weighted by molar-refractivity contribution is 5.76. The van der Waals surface area contributed by atoms with Gasteiger partial charge in [0.15, 0.2) is 6.10 Å². The van der Waals surface area contributed by atoms with Crippen molar-refractivity contribution in [2.24, 2.45) is 0 Å². The van der Waals surface area contributed by atoms with Gasteiger partial charge in [0.2, 0.25) is 0 Å². The maximum atomic E-state index is 12.8. The number of hydrogen-bond donors (Lipinski definition) is 0. The van der Waals surface area contributed by atoms with Gasteiger partial charge in [-0.05, 0) is 11.6 Å². The molecule has 0 saturated carbocycles. The molecule has 1 atom stereocenters. The highest BCUT2D eigenvalue weighted by atomic mass is 19.1. The molecule has 4 heteroatoms. The van der Waals surface area contributed by atoms with Gasteiger partial charge in [0, 0.05) is 12.5 Å². The largest absolute Gasteiger partial charge is 0.478 e. The summed E-state index contributed by atoms with van der Waals surface area (Å²) in [7, 11) is 1.30. The third-order valence-corrected chi connectivity index (χ3v) is 2.17. The van der Waals surface area contributed by atoms with Crippen LogP contribution in [0, 0.1) is 5.82 Å². The van der Waals surface area contributed by atoms with E-state index in [4.69, 9.17) is 4.74 Å². The number of carbonyl (C=O) groups excluding carboxylic acids is 1. The van der Waals surface area contributed by atoms with Crippen molar-refractivity contribution in [3.05, 3.63) is 29.6 Å². The Morgan fingerprint density at radius 1 is 1.64 bits per heavy atom.